The van der Waals surface area contributed by atoms with Crippen LogP contribution in [-0.2, 0) is 11.2 Å². The number of halogens is 1. The molecule has 1 saturated heterocycles. The number of likely N-dealkylation sites (N-methyl/N-ethyl adjacent to an activating group) is 1. The molecule has 2 atom stereocenters. The van der Waals surface area contributed by atoms with Crippen LogP contribution >= 0.6 is 11.6 Å². The highest BCUT2D eigenvalue weighted by atomic mass is 35.5. The van der Waals surface area contributed by atoms with Crippen molar-refractivity contribution >= 4 is 34.7 Å². The lowest BCUT2D eigenvalue weighted by molar-refractivity contribution is -0.385. The largest absolute Gasteiger partial charge is 0.319 e. The monoisotopic (exact) mass is 475 g/mol. The molecular formula is C26H22ClN3O4. The highest BCUT2D eigenvalue weighted by Crippen LogP contribution is 2.35. The van der Waals surface area contributed by atoms with E-state index in [0.717, 1.165) is 11.1 Å². The van der Waals surface area contributed by atoms with Gasteiger partial charge in [0.2, 0.25) is 5.91 Å². The van der Waals surface area contributed by atoms with Crippen molar-refractivity contribution < 1.29 is 14.5 Å². The van der Waals surface area contributed by atoms with Gasteiger partial charge in [0, 0.05) is 24.6 Å². The molecule has 0 radical (unpaired) electrons. The predicted molar refractivity (Wildman–Crippen MR) is 130 cm³/mol. The van der Waals surface area contributed by atoms with Gasteiger partial charge in [-0.1, -0.05) is 78.8 Å². The van der Waals surface area contributed by atoms with Crippen LogP contribution in [0.3, 0.4) is 0 Å². The minimum atomic E-state index is -0.871. The van der Waals surface area contributed by atoms with Crippen LogP contribution < -0.4 is 0 Å². The summed E-state index contributed by atoms with van der Waals surface area (Å²) in [4.78, 5) is 41.2. The first kappa shape index (κ1) is 23.2. The number of hydrogen-bond donors (Lipinski definition) is 0. The van der Waals surface area contributed by atoms with E-state index >= 15 is 0 Å². The quantitative estimate of drug-likeness (QED) is 0.378. The molecule has 0 spiro atoms. The highest BCUT2D eigenvalue weighted by molar-refractivity contribution is 6.31. The lowest BCUT2D eigenvalue weighted by Crippen LogP contribution is -2.45. The molecule has 1 aliphatic heterocycles. The van der Waals surface area contributed by atoms with Crippen LogP contribution in [-0.4, -0.2) is 45.8 Å². The Balaban J connectivity index is 1.84. The molecule has 34 heavy (non-hydrogen) atoms. The summed E-state index contributed by atoms with van der Waals surface area (Å²) in [5.41, 5.74) is 1.60. The van der Waals surface area contributed by atoms with Gasteiger partial charge in [-0.05, 0) is 28.8 Å². The number of carbonyl (C=O) groups excluding carboxylic acids is 2. The average Bonchev–Trinajstić information content (AvgIpc) is 3.09. The molecule has 3 aromatic rings. The summed E-state index contributed by atoms with van der Waals surface area (Å²) >= 11 is 6.10. The van der Waals surface area contributed by atoms with E-state index in [0.29, 0.717) is 5.57 Å². The SMILES string of the molecule is C=C(c1ccccc1)[C@@H]1N(C)C(=O)[C@H](Cc2ccccc2)N1C(=O)c1cc(Cl)ccc1[N+](=O)[O-]. The van der Waals surface area contributed by atoms with Crippen LogP contribution in [0.1, 0.15) is 21.5 Å². The molecule has 0 aliphatic carbocycles. The fourth-order valence-corrected chi connectivity index (χ4v) is 4.46. The van der Waals surface area contributed by atoms with Gasteiger partial charge in [-0.15, -0.1) is 0 Å². The predicted octanol–water partition coefficient (Wildman–Crippen LogP) is 4.81. The van der Waals surface area contributed by atoms with E-state index in [-0.39, 0.29) is 28.6 Å². The molecule has 0 unspecified atom stereocenters. The number of nitro groups is 1. The molecule has 2 amide bonds. The van der Waals surface area contributed by atoms with Crippen molar-refractivity contribution in [3.63, 3.8) is 0 Å². The lowest BCUT2D eigenvalue weighted by atomic mass is 10.0. The molecule has 4 rings (SSSR count). The third-order valence-corrected chi connectivity index (χ3v) is 6.18. The van der Waals surface area contributed by atoms with E-state index < -0.39 is 23.0 Å². The van der Waals surface area contributed by atoms with Gasteiger partial charge in [-0.3, -0.25) is 19.7 Å². The molecule has 0 saturated carbocycles. The maximum Gasteiger partial charge on any atom is 0.282 e. The number of nitro benzene ring substituents is 1. The molecule has 1 fully saturated rings. The first-order chi connectivity index (χ1) is 16.3. The van der Waals surface area contributed by atoms with E-state index in [1.54, 1.807) is 7.05 Å². The topological polar surface area (TPSA) is 83.8 Å². The smallest absolute Gasteiger partial charge is 0.282 e. The Morgan fingerprint density at radius 2 is 1.68 bits per heavy atom. The average molecular weight is 476 g/mol. The number of rotatable bonds is 6. The van der Waals surface area contributed by atoms with Gasteiger partial charge in [0.25, 0.3) is 11.6 Å². The zero-order valence-electron chi connectivity index (χ0n) is 18.4. The molecular weight excluding hydrogens is 454 g/mol. The molecule has 172 valence electrons. The molecule has 0 bridgehead atoms. The summed E-state index contributed by atoms with van der Waals surface area (Å²) in [6.45, 7) is 4.19. The van der Waals surface area contributed by atoms with Crippen molar-refractivity contribution in [2.24, 2.45) is 0 Å². The molecule has 3 aromatic carbocycles. The zero-order valence-corrected chi connectivity index (χ0v) is 19.2. The van der Waals surface area contributed by atoms with Crippen LogP contribution in [0.5, 0.6) is 0 Å². The van der Waals surface area contributed by atoms with Crippen LogP contribution in [0.15, 0.2) is 85.4 Å². The fourth-order valence-electron chi connectivity index (χ4n) is 4.29. The maximum absolute atomic E-state index is 13.9. The Morgan fingerprint density at radius 3 is 2.29 bits per heavy atom. The van der Waals surface area contributed by atoms with Crippen molar-refractivity contribution in [2.45, 2.75) is 18.6 Å². The van der Waals surface area contributed by atoms with Crippen molar-refractivity contribution in [3.05, 3.63) is 117 Å². The van der Waals surface area contributed by atoms with Crippen LogP contribution in [0.2, 0.25) is 5.02 Å². The number of benzene rings is 3. The normalized spacial score (nSPS) is 17.6. The maximum atomic E-state index is 13.9. The highest BCUT2D eigenvalue weighted by Gasteiger charge is 2.49. The third kappa shape index (κ3) is 4.30. The third-order valence-electron chi connectivity index (χ3n) is 5.95. The van der Waals surface area contributed by atoms with Crippen LogP contribution in [0.4, 0.5) is 5.69 Å². The van der Waals surface area contributed by atoms with Gasteiger partial charge in [0.05, 0.1) is 4.92 Å². The van der Waals surface area contributed by atoms with E-state index in [1.165, 1.54) is 28.0 Å². The Labute approximate surface area is 202 Å². The zero-order chi connectivity index (χ0) is 24.4. The molecule has 0 N–H and O–H groups in total. The van der Waals surface area contributed by atoms with Gasteiger partial charge in [0.1, 0.15) is 17.8 Å². The van der Waals surface area contributed by atoms with E-state index in [2.05, 4.69) is 6.58 Å². The molecule has 1 aliphatic rings. The first-order valence-electron chi connectivity index (χ1n) is 10.6. The minimum absolute atomic E-state index is 0.176. The van der Waals surface area contributed by atoms with Crippen molar-refractivity contribution in [1.82, 2.24) is 9.80 Å². The lowest BCUT2D eigenvalue weighted by Gasteiger charge is -2.31. The summed E-state index contributed by atoms with van der Waals surface area (Å²) in [7, 11) is 1.61. The van der Waals surface area contributed by atoms with Crippen molar-refractivity contribution in [1.29, 1.82) is 0 Å². The second-order valence-corrected chi connectivity index (χ2v) is 8.49. The van der Waals surface area contributed by atoms with E-state index in [1.807, 2.05) is 60.7 Å². The second-order valence-electron chi connectivity index (χ2n) is 8.05. The molecule has 8 heteroatoms. The van der Waals surface area contributed by atoms with Crippen LogP contribution in [0.25, 0.3) is 5.57 Å². The van der Waals surface area contributed by atoms with Crippen LogP contribution in [0, 0.1) is 10.1 Å². The summed E-state index contributed by atoms with van der Waals surface area (Å²) < 4.78 is 0. The number of amides is 2. The number of carbonyl (C=O) groups is 2. The van der Waals surface area contributed by atoms with Gasteiger partial charge >= 0.3 is 0 Å². The minimum Gasteiger partial charge on any atom is -0.319 e. The van der Waals surface area contributed by atoms with E-state index in [4.69, 9.17) is 11.6 Å². The van der Waals surface area contributed by atoms with Gasteiger partial charge < -0.3 is 9.80 Å². The Hall–Kier alpha value is -3.97. The Kier molecular flexibility index (Phi) is 6.47. The van der Waals surface area contributed by atoms with E-state index in [9.17, 15) is 19.7 Å². The summed E-state index contributed by atoms with van der Waals surface area (Å²) in [6.07, 6.45) is -0.572. The first-order valence-corrected chi connectivity index (χ1v) is 11.0. The summed E-state index contributed by atoms with van der Waals surface area (Å²) in [5, 5.41) is 11.9. The standard InChI is InChI=1S/C26H22ClN3O4/c1-17(19-11-7-4-8-12-19)24-28(2)26(32)23(15-18-9-5-3-6-10-18)29(24)25(31)21-16-20(27)13-14-22(21)30(33)34/h3-14,16,23-24H,1,15H2,2H3/t23-,24+/m0/s1. The fraction of sp³-hybridized carbons (Fsp3) is 0.154. The van der Waals surface area contributed by atoms with Gasteiger partial charge in [0.15, 0.2) is 0 Å². The number of hydrogen-bond acceptors (Lipinski definition) is 4. The summed E-state index contributed by atoms with van der Waals surface area (Å²) in [5.74, 6) is -0.932. The van der Waals surface area contributed by atoms with Gasteiger partial charge in [-0.2, -0.15) is 0 Å². The van der Waals surface area contributed by atoms with Crippen molar-refractivity contribution in [3.8, 4) is 0 Å². The number of nitrogens with zero attached hydrogens (tertiary/aromatic N) is 3. The summed E-state index contributed by atoms with van der Waals surface area (Å²) in [6, 6.07) is 21.5. The Morgan fingerprint density at radius 1 is 1.06 bits per heavy atom. The molecule has 0 aromatic heterocycles. The van der Waals surface area contributed by atoms with Gasteiger partial charge in [-0.25, -0.2) is 0 Å². The molecule has 1 heterocycles. The Bertz CT molecular complexity index is 1260. The second kappa shape index (κ2) is 9.49. The molecule has 7 nitrogen and oxygen atoms in total. The van der Waals surface area contributed by atoms with Crippen molar-refractivity contribution in [2.75, 3.05) is 7.05 Å².